The molecule has 8 heteroatoms. The van der Waals surface area contributed by atoms with E-state index in [1.54, 1.807) is 24.7 Å². The zero-order chi connectivity index (χ0) is 12.8. The fourth-order valence-electron chi connectivity index (χ4n) is 1.84. The van der Waals surface area contributed by atoms with Crippen molar-refractivity contribution in [1.82, 2.24) is 14.4 Å². The van der Waals surface area contributed by atoms with Crippen LogP contribution in [0.1, 0.15) is 0 Å². The van der Waals surface area contributed by atoms with Crippen molar-refractivity contribution in [2.24, 2.45) is 0 Å². The number of anilines is 1. The average Bonchev–Trinajstić information content (AvgIpc) is 2.84. The molecule has 3 rings (SSSR count). The molecular weight excluding hydrogens is 320 g/mol. The highest BCUT2D eigenvalue weighted by Crippen LogP contribution is 2.20. The Balaban J connectivity index is 1.96. The zero-order valence-corrected chi connectivity index (χ0v) is 11.5. The van der Waals surface area contributed by atoms with Gasteiger partial charge in [-0.1, -0.05) is 0 Å². The fraction of sp³-hybridized carbons (Fsp3) is 0.200. The molecule has 0 radical (unpaired) electrons. The van der Waals surface area contributed by atoms with E-state index in [4.69, 9.17) is 0 Å². The van der Waals surface area contributed by atoms with Gasteiger partial charge in [-0.3, -0.25) is 0 Å². The molecule has 1 atom stereocenters. The van der Waals surface area contributed by atoms with E-state index in [2.05, 4.69) is 31.2 Å². The van der Waals surface area contributed by atoms with Crippen molar-refractivity contribution in [2.75, 3.05) is 11.1 Å². The lowest BCUT2D eigenvalue weighted by atomic mass is 10.3. The van der Waals surface area contributed by atoms with E-state index in [-0.39, 0.29) is 11.8 Å². The van der Waals surface area contributed by atoms with Gasteiger partial charge in [0.2, 0.25) is 0 Å². The number of nitrogens with zero attached hydrogens (tertiary/aromatic N) is 3. The summed E-state index contributed by atoms with van der Waals surface area (Å²) in [6.07, 6.45) is 6.87. The number of fused-ring (bicyclic) bond motifs is 1. The molecule has 0 aliphatic carbocycles. The number of rotatable bonds is 2. The summed E-state index contributed by atoms with van der Waals surface area (Å²) in [7, 11) is -3.08. The summed E-state index contributed by atoms with van der Waals surface area (Å²) >= 11 is 3.30. The first-order valence-corrected chi connectivity index (χ1v) is 7.71. The molecule has 0 aromatic carbocycles. The van der Waals surface area contributed by atoms with Crippen LogP contribution >= 0.6 is 15.9 Å². The first-order valence-electron chi connectivity index (χ1n) is 5.20. The molecule has 18 heavy (non-hydrogen) atoms. The second kappa shape index (κ2) is 4.06. The van der Waals surface area contributed by atoms with Crippen LogP contribution in [0.25, 0.3) is 5.65 Å². The van der Waals surface area contributed by atoms with Crippen LogP contribution in [0.4, 0.5) is 5.82 Å². The Morgan fingerprint density at radius 3 is 3.06 bits per heavy atom. The Bertz CT molecular complexity index is 737. The maximum absolute atomic E-state index is 11.3. The molecule has 0 bridgehead atoms. The molecule has 2 aromatic heterocycles. The molecule has 1 N–H and O–H groups in total. The molecular formula is C10H9BrN4O2S. The van der Waals surface area contributed by atoms with E-state index >= 15 is 0 Å². The first-order chi connectivity index (χ1) is 8.53. The molecule has 0 saturated heterocycles. The highest BCUT2D eigenvalue weighted by molar-refractivity contribution is 9.10. The third kappa shape index (κ3) is 2.13. The number of sulfone groups is 1. The van der Waals surface area contributed by atoms with Gasteiger partial charge in [0.25, 0.3) is 0 Å². The van der Waals surface area contributed by atoms with Gasteiger partial charge in [0.05, 0.1) is 11.8 Å². The van der Waals surface area contributed by atoms with E-state index < -0.39 is 9.84 Å². The molecule has 0 fully saturated rings. The third-order valence-corrected chi connectivity index (χ3v) is 4.37. The third-order valence-electron chi connectivity index (χ3n) is 2.60. The monoisotopic (exact) mass is 328 g/mol. The zero-order valence-electron chi connectivity index (χ0n) is 9.12. The van der Waals surface area contributed by atoms with Crippen LogP contribution in [0, 0.1) is 0 Å². The van der Waals surface area contributed by atoms with Crippen LogP contribution in [-0.4, -0.2) is 34.6 Å². The number of aromatic nitrogens is 3. The van der Waals surface area contributed by atoms with Crippen LogP contribution in [0.3, 0.4) is 0 Å². The van der Waals surface area contributed by atoms with Crippen LogP contribution in [0.5, 0.6) is 0 Å². The molecule has 3 heterocycles. The second-order valence-corrected chi connectivity index (χ2v) is 6.72. The molecule has 6 nitrogen and oxygen atoms in total. The van der Waals surface area contributed by atoms with Crippen molar-refractivity contribution in [2.45, 2.75) is 6.04 Å². The maximum Gasteiger partial charge on any atom is 0.180 e. The van der Waals surface area contributed by atoms with E-state index in [0.717, 1.165) is 0 Å². The summed E-state index contributed by atoms with van der Waals surface area (Å²) in [5.74, 6) is 0.606. The topological polar surface area (TPSA) is 76.4 Å². The summed E-state index contributed by atoms with van der Waals surface area (Å²) in [6, 6.07) is -0.266. The Morgan fingerprint density at radius 2 is 2.33 bits per heavy atom. The van der Waals surface area contributed by atoms with E-state index in [9.17, 15) is 8.42 Å². The average molecular weight is 329 g/mol. The Labute approximate surface area is 112 Å². The van der Waals surface area contributed by atoms with Crippen molar-refractivity contribution < 1.29 is 8.42 Å². The van der Waals surface area contributed by atoms with Crippen molar-refractivity contribution in [3.8, 4) is 0 Å². The summed E-state index contributed by atoms with van der Waals surface area (Å²) in [6.45, 7) is 0. The van der Waals surface area contributed by atoms with Crippen LogP contribution in [0.2, 0.25) is 0 Å². The van der Waals surface area contributed by atoms with Gasteiger partial charge < -0.3 is 9.72 Å². The maximum atomic E-state index is 11.3. The number of hydrogen-bond donors (Lipinski definition) is 1. The molecule has 0 saturated carbocycles. The Kier molecular flexibility index (Phi) is 2.63. The van der Waals surface area contributed by atoms with Gasteiger partial charge in [-0.15, -0.1) is 0 Å². The Hall–Kier alpha value is -1.41. The summed E-state index contributed by atoms with van der Waals surface area (Å²) in [5, 5.41) is 4.30. The molecule has 1 aliphatic rings. The highest BCUT2D eigenvalue weighted by Gasteiger charge is 2.22. The minimum Gasteiger partial charge on any atom is -0.360 e. The molecule has 1 unspecified atom stereocenters. The first kappa shape index (κ1) is 11.7. The van der Waals surface area contributed by atoms with Gasteiger partial charge in [-0.05, 0) is 22.0 Å². The largest absolute Gasteiger partial charge is 0.360 e. The standard InChI is InChI=1S/C10H9BrN4O2S/c11-8-5-15-3-2-12-10(15)9(14-8)13-7-1-4-18(16,17)6-7/h1-5,7H,6H2,(H,13,14). The van der Waals surface area contributed by atoms with Gasteiger partial charge in [0, 0.05) is 24.0 Å². The van der Waals surface area contributed by atoms with E-state index in [1.807, 2.05) is 4.40 Å². The minimum atomic E-state index is -3.08. The lowest BCUT2D eigenvalue weighted by Crippen LogP contribution is -2.22. The second-order valence-electron chi connectivity index (χ2n) is 3.98. The fourth-order valence-corrected chi connectivity index (χ4v) is 3.47. The van der Waals surface area contributed by atoms with Crippen LogP contribution in [0.15, 0.2) is 34.7 Å². The number of halogens is 1. The van der Waals surface area contributed by atoms with Crippen molar-refractivity contribution in [3.63, 3.8) is 0 Å². The number of hydrogen-bond acceptors (Lipinski definition) is 5. The van der Waals surface area contributed by atoms with E-state index in [1.165, 1.54) is 5.41 Å². The summed E-state index contributed by atoms with van der Waals surface area (Å²) < 4.78 is 25.1. The smallest absolute Gasteiger partial charge is 0.180 e. The van der Waals surface area contributed by atoms with Crippen LogP contribution < -0.4 is 5.32 Å². The summed E-state index contributed by atoms with van der Waals surface area (Å²) in [5.41, 5.74) is 0.663. The van der Waals surface area contributed by atoms with Gasteiger partial charge >= 0.3 is 0 Å². The highest BCUT2D eigenvalue weighted by atomic mass is 79.9. The van der Waals surface area contributed by atoms with Crippen molar-refractivity contribution in [1.29, 1.82) is 0 Å². The molecule has 1 aliphatic heterocycles. The normalized spacial score (nSPS) is 21.5. The van der Waals surface area contributed by atoms with Gasteiger partial charge in [0.1, 0.15) is 4.60 Å². The number of imidazole rings is 1. The molecule has 2 aromatic rings. The summed E-state index contributed by atoms with van der Waals surface area (Å²) in [4.78, 5) is 8.46. The quantitative estimate of drug-likeness (QED) is 0.896. The predicted octanol–water partition coefficient (Wildman–Crippen LogP) is 1.21. The van der Waals surface area contributed by atoms with Gasteiger partial charge in [-0.25, -0.2) is 18.4 Å². The van der Waals surface area contributed by atoms with E-state index in [0.29, 0.717) is 16.1 Å². The predicted molar refractivity (Wildman–Crippen MR) is 71.0 cm³/mol. The van der Waals surface area contributed by atoms with Crippen LogP contribution in [-0.2, 0) is 9.84 Å². The SMILES string of the molecule is O=S1(=O)C=CC(Nc2nc(Br)cn3ccnc23)C1. The number of nitrogens with one attached hydrogen (secondary N) is 1. The van der Waals surface area contributed by atoms with Crippen molar-refractivity contribution >= 4 is 37.2 Å². The molecule has 0 spiro atoms. The van der Waals surface area contributed by atoms with Gasteiger partial charge in [0.15, 0.2) is 21.3 Å². The van der Waals surface area contributed by atoms with Gasteiger partial charge in [-0.2, -0.15) is 0 Å². The minimum absolute atomic E-state index is 0.0497. The molecule has 94 valence electrons. The lowest BCUT2D eigenvalue weighted by molar-refractivity contribution is 0.605. The van der Waals surface area contributed by atoms with Crippen molar-refractivity contribution in [3.05, 3.63) is 34.7 Å². The Morgan fingerprint density at radius 1 is 1.50 bits per heavy atom. The lowest BCUT2D eigenvalue weighted by Gasteiger charge is -2.11. The molecule has 0 amide bonds.